The number of methoxy groups -OCH3 is 1. The number of benzene rings is 1. The molecule has 0 spiro atoms. The van der Waals surface area contributed by atoms with Gasteiger partial charge in [-0.3, -0.25) is 4.79 Å². The fourth-order valence-electron chi connectivity index (χ4n) is 3.91. The number of aryl methyl sites for hydroxylation is 1. The van der Waals surface area contributed by atoms with Crippen LogP contribution in [0.4, 0.5) is 13.2 Å². The van der Waals surface area contributed by atoms with Crippen molar-refractivity contribution >= 4 is 28.3 Å². The molecule has 3 aromatic rings. The normalized spacial score (nSPS) is 15.8. The van der Waals surface area contributed by atoms with Gasteiger partial charge in [0, 0.05) is 31.6 Å². The van der Waals surface area contributed by atoms with Crippen LogP contribution < -0.4 is 0 Å². The molecule has 0 radical (unpaired) electrons. The lowest BCUT2D eigenvalue weighted by molar-refractivity contribution is -0.137. The molecule has 1 saturated heterocycles. The van der Waals surface area contributed by atoms with Gasteiger partial charge in [0.1, 0.15) is 18.1 Å². The Labute approximate surface area is 175 Å². The molecule has 160 valence electrons. The number of hydrogen-bond donors (Lipinski definition) is 0. The van der Waals surface area contributed by atoms with Crippen LogP contribution in [-0.4, -0.2) is 45.5 Å². The van der Waals surface area contributed by atoms with E-state index >= 15 is 0 Å². The van der Waals surface area contributed by atoms with Crippen LogP contribution in [-0.2, 0) is 17.5 Å². The lowest BCUT2D eigenvalue weighted by Crippen LogP contribution is -2.39. The van der Waals surface area contributed by atoms with Gasteiger partial charge in [-0.2, -0.15) is 13.2 Å². The molecule has 0 atom stereocenters. The van der Waals surface area contributed by atoms with Gasteiger partial charge in [0.25, 0.3) is 5.91 Å². The Morgan fingerprint density at radius 3 is 2.60 bits per heavy atom. The molecule has 1 amide bonds. The molecule has 10 heteroatoms. The number of aromatic nitrogens is 3. The highest BCUT2D eigenvalue weighted by Gasteiger charge is 2.32. The minimum absolute atomic E-state index is 0.0260. The zero-order valence-electron chi connectivity index (χ0n) is 16.6. The van der Waals surface area contributed by atoms with Crippen LogP contribution in [0.5, 0.6) is 0 Å². The minimum Gasteiger partial charge on any atom is -0.377 e. The van der Waals surface area contributed by atoms with Crippen molar-refractivity contribution in [3.05, 3.63) is 45.7 Å². The SMILES string of the molecule is COCc1nc2cc(C(F)(F)F)ccc2n1C1CCN(C(=O)c2csc(C)n2)CC1. The molecule has 0 bridgehead atoms. The van der Waals surface area contributed by atoms with Crippen molar-refractivity contribution in [2.24, 2.45) is 0 Å². The number of likely N-dealkylation sites (tertiary alicyclic amines) is 1. The van der Waals surface area contributed by atoms with Gasteiger partial charge in [0.2, 0.25) is 0 Å². The quantitative estimate of drug-likeness (QED) is 0.604. The second-order valence-corrected chi connectivity index (χ2v) is 8.37. The number of amides is 1. The first-order chi connectivity index (χ1) is 14.3. The Bertz CT molecular complexity index is 1070. The summed E-state index contributed by atoms with van der Waals surface area (Å²) < 4.78 is 46.4. The number of halogens is 3. The summed E-state index contributed by atoms with van der Waals surface area (Å²) >= 11 is 1.44. The number of hydrogen-bond acceptors (Lipinski definition) is 5. The number of nitrogens with zero attached hydrogens (tertiary/aromatic N) is 4. The standard InChI is InChI=1S/C20H21F3N4O2S/c1-12-24-16(11-30-12)19(28)26-7-5-14(6-8-26)27-17-4-3-13(20(21,22)23)9-15(17)25-18(27)10-29-2/h3-4,9,11,14H,5-8,10H2,1-2H3. The van der Waals surface area contributed by atoms with Crippen molar-refractivity contribution in [1.29, 1.82) is 0 Å². The molecule has 3 heterocycles. The summed E-state index contributed by atoms with van der Waals surface area (Å²) in [7, 11) is 1.53. The lowest BCUT2D eigenvalue weighted by atomic mass is 10.0. The Hall–Kier alpha value is -2.46. The average Bonchev–Trinajstić information content (AvgIpc) is 3.30. The van der Waals surface area contributed by atoms with Crippen LogP contribution in [0, 0.1) is 6.92 Å². The van der Waals surface area contributed by atoms with E-state index in [9.17, 15) is 18.0 Å². The largest absolute Gasteiger partial charge is 0.416 e. The smallest absolute Gasteiger partial charge is 0.377 e. The van der Waals surface area contributed by atoms with Crippen molar-refractivity contribution < 1.29 is 22.7 Å². The van der Waals surface area contributed by atoms with E-state index in [1.165, 1.54) is 24.5 Å². The molecule has 6 nitrogen and oxygen atoms in total. The maximum Gasteiger partial charge on any atom is 0.416 e. The summed E-state index contributed by atoms with van der Waals surface area (Å²) in [5.74, 6) is 0.506. The third-order valence-corrected chi connectivity index (χ3v) is 6.09. The topological polar surface area (TPSA) is 60.2 Å². The summed E-state index contributed by atoms with van der Waals surface area (Å²) in [6.45, 7) is 3.16. The average molecular weight is 438 g/mol. The number of alkyl halides is 3. The van der Waals surface area contributed by atoms with E-state index in [4.69, 9.17) is 4.74 Å². The number of piperidine rings is 1. The van der Waals surface area contributed by atoms with Crippen molar-refractivity contribution in [3.8, 4) is 0 Å². The Kier molecular flexibility index (Phi) is 5.54. The first-order valence-electron chi connectivity index (χ1n) is 9.56. The van der Waals surface area contributed by atoms with Gasteiger partial charge < -0.3 is 14.2 Å². The fraction of sp³-hybridized carbons (Fsp3) is 0.450. The van der Waals surface area contributed by atoms with E-state index in [0.717, 1.165) is 17.1 Å². The number of rotatable bonds is 4. The van der Waals surface area contributed by atoms with Crippen molar-refractivity contribution in [3.63, 3.8) is 0 Å². The molecule has 0 N–H and O–H groups in total. The van der Waals surface area contributed by atoms with Crippen LogP contribution in [0.25, 0.3) is 11.0 Å². The Morgan fingerprint density at radius 1 is 1.27 bits per heavy atom. The van der Waals surface area contributed by atoms with Gasteiger partial charge in [-0.1, -0.05) is 0 Å². The van der Waals surface area contributed by atoms with Crippen molar-refractivity contribution in [2.45, 2.75) is 38.6 Å². The van der Waals surface area contributed by atoms with E-state index in [1.54, 1.807) is 10.3 Å². The van der Waals surface area contributed by atoms with Crippen LogP contribution in [0.15, 0.2) is 23.6 Å². The van der Waals surface area contributed by atoms with Gasteiger partial charge in [0.05, 0.1) is 21.6 Å². The minimum atomic E-state index is -4.42. The second-order valence-electron chi connectivity index (χ2n) is 7.31. The van der Waals surface area contributed by atoms with E-state index in [1.807, 2.05) is 11.5 Å². The van der Waals surface area contributed by atoms with Gasteiger partial charge >= 0.3 is 6.18 Å². The molecule has 1 aliphatic heterocycles. The fourth-order valence-corrected chi connectivity index (χ4v) is 4.50. The predicted molar refractivity (Wildman–Crippen MR) is 106 cm³/mol. The Morgan fingerprint density at radius 2 is 2.00 bits per heavy atom. The zero-order chi connectivity index (χ0) is 21.5. The third kappa shape index (κ3) is 3.93. The van der Waals surface area contributed by atoms with Gasteiger partial charge in [-0.15, -0.1) is 11.3 Å². The third-order valence-electron chi connectivity index (χ3n) is 5.32. The molecule has 0 unspecified atom stereocenters. The van der Waals surface area contributed by atoms with Crippen molar-refractivity contribution in [1.82, 2.24) is 19.4 Å². The van der Waals surface area contributed by atoms with E-state index < -0.39 is 11.7 Å². The number of carbonyl (C=O) groups is 1. The molecule has 30 heavy (non-hydrogen) atoms. The highest BCUT2D eigenvalue weighted by atomic mass is 32.1. The molecular formula is C20H21F3N4O2S. The molecule has 2 aromatic heterocycles. The van der Waals surface area contributed by atoms with Crippen molar-refractivity contribution in [2.75, 3.05) is 20.2 Å². The Balaban J connectivity index is 1.58. The number of imidazole rings is 1. The van der Waals surface area contributed by atoms with Crippen LogP contribution in [0.1, 0.15) is 45.8 Å². The summed E-state index contributed by atoms with van der Waals surface area (Å²) in [5, 5.41) is 2.61. The molecule has 1 fully saturated rings. The molecule has 0 aliphatic carbocycles. The summed E-state index contributed by atoms with van der Waals surface area (Å²) in [6.07, 6.45) is -3.06. The summed E-state index contributed by atoms with van der Waals surface area (Å²) in [4.78, 5) is 23.1. The first kappa shape index (κ1) is 20.8. The number of thiazole rings is 1. The van der Waals surface area contributed by atoms with E-state index in [2.05, 4.69) is 9.97 Å². The van der Waals surface area contributed by atoms with Crippen LogP contribution in [0.2, 0.25) is 0 Å². The van der Waals surface area contributed by atoms with Gasteiger partial charge in [-0.25, -0.2) is 9.97 Å². The molecule has 4 rings (SSSR count). The highest BCUT2D eigenvalue weighted by molar-refractivity contribution is 7.09. The number of fused-ring (bicyclic) bond motifs is 1. The van der Waals surface area contributed by atoms with E-state index in [-0.39, 0.29) is 18.6 Å². The predicted octanol–water partition coefficient (Wildman–Crippen LogP) is 4.44. The molecule has 1 aliphatic rings. The van der Waals surface area contributed by atoms with E-state index in [0.29, 0.717) is 48.5 Å². The molecule has 1 aromatic carbocycles. The number of ether oxygens (including phenoxy) is 1. The summed E-state index contributed by atoms with van der Waals surface area (Å²) in [6, 6.07) is 3.66. The molecule has 0 saturated carbocycles. The maximum absolute atomic E-state index is 13.1. The summed E-state index contributed by atoms with van der Waals surface area (Å²) in [5.41, 5.74) is 0.689. The van der Waals surface area contributed by atoms with Crippen LogP contribution in [0.3, 0.4) is 0 Å². The second kappa shape index (κ2) is 7.99. The first-order valence-corrected chi connectivity index (χ1v) is 10.4. The molecular weight excluding hydrogens is 417 g/mol. The lowest BCUT2D eigenvalue weighted by Gasteiger charge is -2.33. The number of carbonyl (C=O) groups excluding carboxylic acids is 1. The maximum atomic E-state index is 13.1. The van der Waals surface area contributed by atoms with Crippen LogP contribution >= 0.6 is 11.3 Å². The zero-order valence-corrected chi connectivity index (χ0v) is 17.4. The van der Waals surface area contributed by atoms with Gasteiger partial charge in [0.15, 0.2) is 0 Å². The van der Waals surface area contributed by atoms with Gasteiger partial charge in [-0.05, 0) is 38.0 Å². The monoisotopic (exact) mass is 438 g/mol. The highest BCUT2D eigenvalue weighted by Crippen LogP contribution is 2.34.